The zero-order chi connectivity index (χ0) is 11.5. The summed E-state index contributed by atoms with van der Waals surface area (Å²) in [5, 5.41) is 3.23. The highest BCUT2D eigenvalue weighted by Gasteiger charge is 2.36. The first kappa shape index (κ1) is 11.4. The molecule has 5 nitrogen and oxygen atoms in total. The van der Waals surface area contributed by atoms with Gasteiger partial charge in [-0.15, -0.1) is 0 Å². The summed E-state index contributed by atoms with van der Waals surface area (Å²) in [4.78, 5) is 25.1. The molecule has 2 rings (SSSR count). The van der Waals surface area contributed by atoms with Crippen LogP contribution in [0, 0.1) is 5.92 Å². The van der Waals surface area contributed by atoms with Crippen LogP contribution in [0.2, 0.25) is 0 Å². The Balaban J connectivity index is 1.99. The fourth-order valence-electron chi connectivity index (χ4n) is 2.63. The number of hydrogen-bond acceptors (Lipinski definition) is 3. The zero-order valence-electron chi connectivity index (χ0n) is 9.45. The van der Waals surface area contributed by atoms with Gasteiger partial charge in [0.25, 0.3) is 0 Å². The van der Waals surface area contributed by atoms with Crippen LogP contribution in [-0.2, 0) is 9.59 Å². The van der Waals surface area contributed by atoms with Gasteiger partial charge in [-0.25, -0.2) is 0 Å². The molecule has 2 fully saturated rings. The average molecular weight is 225 g/mol. The van der Waals surface area contributed by atoms with E-state index in [4.69, 9.17) is 5.73 Å². The first-order chi connectivity index (χ1) is 7.70. The van der Waals surface area contributed by atoms with E-state index in [1.807, 2.05) is 0 Å². The summed E-state index contributed by atoms with van der Waals surface area (Å²) in [7, 11) is 0. The Morgan fingerprint density at radius 1 is 1.19 bits per heavy atom. The van der Waals surface area contributed by atoms with Crippen molar-refractivity contribution >= 4 is 11.8 Å². The summed E-state index contributed by atoms with van der Waals surface area (Å²) in [5.41, 5.74) is 5.31. The van der Waals surface area contributed by atoms with Crippen LogP contribution >= 0.6 is 0 Å². The number of hydrogen-bond donors (Lipinski definition) is 2. The Morgan fingerprint density at radius 3 is 2.50 bits per heavy atom. The third-order valence-electron chi connectivity index (χ3n) is 3.55. The van der Waals surface area contributed by atoms with Crippen LogP contribution in [0.25, 0.3) is 0 Å². The van der Waals surface area contributed by atoms with E-state index in [1.54, 1.807) is 4.90 Å². The van der Waals surface area contributed by atoms with Crippen LogP contribution in [0.1, 0.15) is 25.7 Å². The van der Waals surface area contributed by atoms with E-state index >= 15 is 0 Å². The van der Waals surface area contributed by atoms with Gasteiger partial charge >= 0.3 is 0 Å². The van der Waals surface area contributed by atoms with Crippen molar-refractivity contribution in [2.45, 2.75) is 31.7 Å². The van der Waals surface area contributed by atoms with Crippen molar-refractivity contribution in [3.8, 4) is 0 Å². The predicted octanol–water partition coefficient (Wildman–Crippen LogP) is -0.538. The fraction of sp³-hybridized carbons (Fsp3) is 0.818. The second kappa shape index (κ2) is 4.82. The number of amides is 2. The Kier molecular flexibility index (Phi) is 3.43. The number of rotatable bonds is 2. The maximum atomic E-state index is 12.2. The number of likely N-dealkylation sites (tertiary alicyclic amines) is 1. The van der Waals surface area contributed by atoms with Crippen LogP contribution in [0.3, 0.4) is 0 Å². The van der Waals surface area contributed by atoms with Gasteiger partial charge in [-0.05, 0) is 38.8 Å². The summed E-state index contributed by atoms with van der Waals surface area (Å²) < 4.78 is 0. The molecule has 2 aliphatic heterocycles. The van der Waals surface area contributed by atoms with Gasteiger partial charge in [-0.3, -0.25) is 9.59 Å². The Labute approximate surface area is 95.3 Å². The van der Waals surface area contributed by atoms with Gasteiger partial charge < -0.3 is 16.0 Å². The molecule has 16 heavy (non-hydrogen) atoms. The van der Waals surface area contributed by atoms with Crippen LogP contribution in [-0.4, -0.2) is 42.4 Å². The monoisotopic (exact) mass is 225 g/mol. The molecule has 1 unspecified atom stereocenters. The maximum absolute atomic E-state index is 12.2. The summed E-state index contributed by atoms with van der Waals surface area (Å²) in [6, 6.07) is -0.359. The molecule has 5 heteroatoms. The van der Waals surface area contributed by atoms with Crippen molar-refractivity contribution in [1.29, 1.82) is 0 Å². The Morgan fingerprint density at radius 2 is 1.88 bits per heavy atom. The number of primary amides is 1. The van der Waals surface area contributed by atoms with Crippen LogP contribution in [0.5, 0.6) is 0 Å². The van der Waals surface area contributed by atoms with Crippen LogP contribution in [0.4, 0.5) is 0 Å². The zero-order valence-corrected chi connectivity index (χ0v) is 9.45. The summed E-state index contributed by atoms with van der Waals surface area (Å²) in [6.45, 7) is 2.48. The van der Waals surface area contributed by atoms with E-state index in [0.717, 1.165) is 38.8 Å². The minimum Gasteiger partial charge on any atom is -0.368 e. The predicted molar refractivity (Wildman–Crippen MR) is 59.5 cm³/mol. The van der Waals surface area contributed by atoms with Gasteiger partial charge in [0.05, 0.1) is 0 Å². The van der Waals surface area contributed by atoms with Crippen LogP contribution in [0.15, 0.2) is 0 Å². The van der Waals surface area contributed by atoms with Gasteiger partial charge in [0.2, 0.25) is 11.8 Å². The quantitative estimate of drug-likeness (QED) is 0.663. The van der Waals surface area contributed by atoms with E-state index < -0.39 is 0 Å². The van der Waals surface area contributed by atoms with E-state index in [9.17, 15) is 9.59 Å². The minimum absolute atomic E-state index is 0.0844. The highest BCUT2D eigenvalue weighted by molar-refractivity contribution is 5.88. The summed E-state index contributed by atoms with van der Waals surface area (Å²) in [5.74, 6) is -0.149. The minimum atomic E-state index is -0.361. The largest absolute Gasteiger partial charge is 0.368 e. The Bertz CT molecular complexity index is 287. The molecule has 0 aromatic carbocycles. The lowest BCUT2D eigenvalue weighted by Gasteiger charge is -2.29. The second-order valence-electron chi connectivity index (χ2n) is 4.62. The van der Waals surface area contributed by atoms with Gasteiger partial charge in [-0.2, -0.15) is 0 Å². The van der Waals surface area contributed by atoms with Crippen molar-refractivity contribution < 1.29 is 9.59 Å². The molecular formula is C11H19N3O2. The lowest BCUT2D eigenvalue weighted by Crippen LogP contribution is -2.47. The molecule has 2 saturated heterocycles. The molecule has 1 atom stereocenters. The molecule has 2 aliphatic rings. The number of carbonyl (C=O) groups is 2. The first-order valence-corrected chi connectivity index (χ1v) is 6.00. The number of piperidine rings is 1. The molecule has 0 radical (unpaired) electrons. The third-order valence-corrected chi connectivity index (χ3v) is 3.55. The van der Waals surface area contributed by atoms with E-state index in [0.29, 0.717) is 6.54 Å². The molecular weight excluding hydrogens is 206 g/mol. The van der Waals surface area contributed by atoms with Gasteiger partial charge in [-0.1, -0.05) is 0 Å². The lowest BCUT2D eigenvalue weighted by molar-refractivity contribution is -0.141. The van der Waals surface area contributed by atoms with Crippen molar-refractivity contribution in [2.24, 2.45) is 11.7 Å². The number of nitrogens with one attached hydrogen (secondary N) is 1. The third kappa shape index (κ3) is 2.19. The molecule has 2 amide bonds. The van der Waals surface area contributed by atoms with Crippen LogP contribution < -0.4 is 11.1 Å². The smallest absolute Gasteiger partial charge is 0.240 e. The maximum Gasteiger partial charge on any atom is 0.240 e. The molecule has 90 valence electrons. The van der Waals surface area contributed by atoms with Crippen molar-refractivity contribution in [3.63, 3.8) is 0 Å². The highest BCUT2D eigenvalue weighted by atomic mass is 16.2. The first-order valence-electron chi connectivity index (χ1n) is 6.00. The Hall–Kier alpha value is -1.10. The number of nitrogens with two attached hydrogens (primary N) is 1. The summed E-state index contributed by atoms with van der Waals surface area (Å²) >= 11 is 0. The topological polar surface area (TPSA) is 75.4 Å². The van der Waals surface area contributed by atoms with E-state index in [-0.39, 0.29) is 23.8 Å². The van der Waals surface area contributed by atoms with E-state index in [1.165, 1.54) is 0 Å². The van der Waals surface area contributed by atoms with E-state index in [2.05, 4.69) is 5.32 Å². The van der Waals surface area contributed by atoms with Gasteiger partial charge in [0.1, 0.15) is 6.04 Å². The summed E-state index contributed by atoms with van der Waals surface area (Å²) in [6.07, 6.45) is 3.37. The van der Waals surface area contributed by atoms with Gasteiger partial charge in [0, 0.05) is 12.5 Å². The highest BCUT2D eigenvalue weighted by Crippen LogP contribution is 2.23. The molecule has 0 aromatic heterocycles. The molecule has 0 saturated carbocycles. The SMILES string of the molecule is NC(=O)C1CCCN1C(=O)C1CCNCC1. The molecule has 0 aromatic rings. The standard InChI is InChI=1S/C11H19N3O2/c12-10(15)9-2-1-7-14(9)11(16)8-3-5-13-6-4-8/h8-9,13H,1-7H2,(H2,12,15). The second-order valence-corrected chi connectivity index (χ2v) is 4.62. The number of carbonyl (C=O) groups excluding carboxylic acids is 2. The molecule has 0 bridgehead atoms. The van der Waals surface area contributed by atoms with Crippen molar-refractivity contribution in [3.05, 3.63) is 0 Å². The molecule has 0 aliphatic carbocycles. The van der Waals surface area contributed by atoms with Gasteiger partial charge in [0.15, 0.2) is 0 Å². The molecule has 0 spiro atoms. The number of nitrogens with zero attached hydrogens (tertiary/aromatic N) is 1. The normalized spacial score (nSPS) is 27.0. The molecule has 2 heterocycles. The molecule has 3 N–H and O–H groups in total. The fourth-order valence-corrected chi connectivity index (χ4v) is 2.63. The van der Waals surface area contributed by atoms with Crippen molar-refractivity contribution in [2.75, 3.05) is 19.6 Å². The van der Waals surface area contributed by atoms with Crippen molar-refractivity contribution in [1.82, 2.24) is 10.2 Å². The lowest BCUT2D eigenvalue weighted by atomic mass is 9.96. The average Bonchev–Trinajstić information content (AvgIpc) is 2.78.